The van der Waals surface area contributed by atoms with E-state index in [1.165, 1.54) is 20.2 Å². The van der Waals surface area contributed by atoms with E-state index in [4.69, 9.17) is 0 Å². The van der Waals surface area contributed by atoms with Crippen LogP contribution in [0.25, 0.3) is 0 Å². The van der Waals surface area contributed by atoms with Crippen LogP contribution in [0.2, 0.25) is 0 Å². The van der Waals surface area contributed by atoms with Crippen LogP contribution in [-0.4, -0.2) is 100 Å². The van der Waals surface area contributed by atoms with Crippen molar-refractivity contribution in [3.8, 4) is 0 Å². The minimum atomic E-state index is -3.64. The number of carbonyl (C=O) groups excluding carboxylic acids is 2. The number of nitrogens with zero attached hydrogens (tertiary/aromatic N) is 4. The molecule has 0 N–H and O–H groups in total. The van der Waals surface area contributed by atoms with E-state index < -0.39 is 10.0 Å². The van der Waals surface area contributed by atoms with Crippen LogP contribution in [0, 0.1) is 13.8 Å². The van der Waals surface area contributed by atoms with Gasteiger partial charge in [0.25, 0.3) is 5.91 Å². The topological polar surface area (TPSA) is 81.2 Å². The van der Waals surface area contributed by atoms with Crippen molar-refractivity contribution in [3.05, 3.63) is 28.8 Å². The zero-order valence-electron chi connectivity index (χ0n) is 18.2. The maximum Gasteiger partial charge on any atom is 0.253 e. The molecular formula is C20H32N4O4S. The van der Waals surface area contributed by atoms with Crippen molar-refractivity contribution >= 4 is 21.8 Å². The van der Waals surface area contributed by atoms with Gasteiger partial charge in [0, 0.05) is 59.9 Å². The third kappa shape index (κ3) is 5.34. The average molecular weight is 425 g/mol. The van der Waals surface area contributed by atoms with E-state index in [9.17, 15) is 18.0 Å². The lowest BCUT2D eigenvalue weighted by Gasteiger charge is -2.23. The Labute approximate surface area is 174 Å². The molecule has 0 bridgehead atoms. The molecule has 0 atom stereocenters. The Hall–Kier alpha value is -1.97. The van der Waals surface area contributed by atoms with Crippen LogP contribution >= 0.6 is 0 Å². The molecule has 1 aliphatic rings. The molecule has 1 saturated heterocycles. The van der Waals surface area contributed by atoms with E-state index in [1.807, 2.05) is 6.92 Å². The Balaban J connectivity index is 2.22. The monoisotopic (exact) mass is 424 g/mol. The summed E-state index contributed by atoms with van der Waals surface area (Å²) in [5.74, 6) is -0.137. The highest BCUT2D eigenvalue weighted by Crippen LogP contribution is 2.24. The van der Waals surface area contributed by atoms with Crippen LogP contribution in [0.5, 0.6) is 0 Å². The zero-order chi connectivity index (χ0) is 21.9. The van der Waals surface area contributed by atoms with Gasteiger partial charge >= 0.3 is 0 Å². The minimum Gasteiger partial charge on any atom is -0.348 e. The molecular weight excluding hydrogens is 392 g/mol. The summed E-state index contributed by atoms with van der Waals surface area (Å²) < 4.78 is 26.5. The third-order valence-electron chi connectivity index (χ3n) is 5.36. The molecule has 0 aromatic heterocycles. The lowest BCUT2D eigenvalue weighted by molar-refractivity contribution is -0.129. The van der Waals surface area contributed by atoms with Gasteiger partial charge in [0.2, 0.25) is 15.9 Å². The maximum atomic E-state index is 13.1. The standard InChI is InChI=1S/C20H32N4O4S/c1-15-12-17(13-18(16(15)2)29(27,28)22(5)6)20(26)24-9-7-8-23(10-11-24)14-19(25)21(3)4/h12-13H,7-11,14H2,1-6H3. The molecule has 1 aromatic rings. The lowest BCUT2D eigenvalue weighted by atomic mass is 10.1. The number of aryl methyl sites for hydroxylation is 1. The Bertz CT molecular complexity index is 881. The first kappa shape index (κ1) is 23.3. The van der Waals surface area contributed by atoms with E-state index in [2.05, 4.69) is 4.90 Å². The predicted octanol–water partition coefficient (Wildman–Crippen LogP) is 0.790. The summed E-state index contributed by atoms with van der Waals surface area (Å²) in [7, 11) is 2.79. The Morgan fingerprint density at radius 2 is 1.66 bits per heavy atom. The molecule has 1 fully saturated rings. The van der Waals surface area contributed by atoms with Crippen molar-refractivity contribution in [2.45, 2.75) is 25.2 Å². The quantitative estimate of drug-likeness (QED) is 0.698. The number of hydrogen-bond acceptors (Lipinski definition) is 5. The number of carbonyl (C=O) groups is 2. The molecule has 8 nitrogen and oxygen atoms in total. The molecule has 0 saturated carbocycles. The SMILES string of the molecule is Cc1cc(C(=O)N2CCCN(CC(=O)N(C)C)CC2)cc(S(=O)(=O)N(C)C)c1C. The van der Waals surface area contributed by atoms with E-state index in [0.29, 0.717) is 37.3 Å². The van der Waals surface area contributed by atoms with Gasteiger partial charge in [-0.1, -0.05) is 0 Å². The smallest absolute Gasteiger partial charge is 0.253 e. The number of hydrogen-bond donors (Lipinski definition) is 0. The van der Waals surface area contributed by atoms with Crippen molar-refractivity contribution in [2.24, 2.45) is 0 Å². The van der Waals surface area contributed by atoms with E-state index in [-0.39, 0.29) is 16.7 Å². The largest absolute Gasteiger partial charge is 0.348 e. The molecule has 0 aliphatic carbocycles. The Morgan fingerprint density at radius 1 is 1.00 bits per heavy atom. The van der Waals surface area contributed by atoms with Gasteiger partial charge in [-0.25, -0.2) is 12.7 Å². The van der Waals surface area contributed by atoms with Gasteiger partial charge < -0.3 is 9.80 Å². The Morgan fingerprint density at radius 3 is 2.24 bits per heavy atom. The molecule has 9 heteroatoms. The number of likely N-dealkylation sites (N-methyl/N-ethyl adjacent to an activating group) is 1. The molecule has 29 heavy (non-hydrogen) atoms. The van der Waals surface area contributed by atoms with E-state index >= 15 is 0 Å². The van der Waals surface area contributed by atoms with Crippen molar-refractivity contribution < 1.29 is 18.0 Å². The second-order valence-electron chi connectivity index (χ2n) is 7.91. The van der Waals surface area contributed by atoms with Crippen LogP contribution in [0.3, 0.4) is 0 Å². The first-order valence-corrected chi connectivity index (χ1v) is 11.1. The first-order valence-electron chi connectivity index (χ1n) is 9.70. The molecule has 162 valence electrons. The van der Waals surface area contributed by atoms with Crippen molar-refractivity contribution in [1.29, 1.82) is 0 Å². The van der Waals surface area contributed by atoms with Gasteiger partial charge in [-0.2, -0.15) is 0 Å². The Kier molecular flexibility index (Phi) is 7.42. The van der Waals surface area contributed by atoms with E-state index in [0.717, 1.165) is 22.8 Å². The summed E-state index contributed by atoms with van der Waals surface area (Å²) in [6.45, 7) is 6.35. The first-order chi connectivity index (χ1) is 13.4. The van der Waals surface area contributed by atoms with Crippen molar-refractivity contribution in [2.75, 3.05) is 60.9 Å². The summed E-state index contributed by atoms with van der Waals surface area (Å²) in [6, 6.07) is 3.24. The lowest BCUT2D eigenvalue weighted by Crippen LogP contribution is -2.39. The number of rotatable bonds is 5. The minimum absolute atomic E-state index is 0.0393. The molecule has 0 radical (unpaired) electrons. The van der Waals surface area contributed by atoms with Gasteiger partial charge in [0.05, 0.1) is 11.4 Å². The van der Waals surface area contributed by atoms with Gasteiger partial charge in [0.1, 0.15) is 0 Å². The van der Waals surface area contributed by atoms with E-state index in [1.54, 1.807) is 36.9 Å². The molecule has 1 aromatic carbocycles. The molecule has 1 heterocycles. The van der Waals surface area contributed by atoms with Crippen LogP contribution in [0.4, 0.5) is 0 Å². The number of benzene rings is 1. The number of sulfonamides is 1. The van der Waals surface area contributed by atoms with Crippen LogP contribution in [-0.2, 0) is 14.8 Å². The molecule has 2 rings (SSSR count). The fraction of sp³-hybridized carbons (Fsp3) is 0.600. The van der Waals surface area contributed by atoms with Gasteiger partial charge in [-0.15, -0.1) is 0 Å². The summed E-state index contributed by atoms with van der Waals surface area (Å²) in [5, 5.41) is 0. The second kappa shape index (κ2) is 9.23. The summed E-state index contributed by atoms with van der Waals surface area (Å²) in [6.07, 6.45) is 0.764. The van der Waals surface area contributed by atoms with Crippen LogP contribution in [0.15, 0.2) is 17.0 Å². The van der Waals surface area contributed by atoms with Gasteiger partial charge in [-0.05, 0) is 43.5 Å². The fourth-order valence-corrected chi connectivity index (χ4v) is 4.48. The van der Waals surface area contributed by atoms with Gasteiger partial charge in [0.15, 0.2) is 0 Å². The zero-order valence-corrected chi connectivity index (χ0v) is 19.0. The van der Waals surface area contributed by atoms with Crippen molar-refractivity contribution in [3.63, 3.8) is 0 Å². The van der Waals surface area contributed by atoms with Crippen LogP contribution in [0.1, 0.15) is 27.9 Å². The summed E-state index contributed by atoms with van der Waals surface area (Å²) in [4.78, 5) is 30.6. The van der Waals surface area contributed by atoms with Crippen LogP contribution < -0.4 is 0 Å². The van der Waals surface area contributed by atoms with Gasteiger partial charge in [-0.3, -0.25) is 14.5 Å². The van der Waals surface area contributed by atoms with Crippen molar-refractivity contribution in [1.82, 2.24) is 19.0 Å². The predicted molar refractivity (Wildman–Crippen MR) is 112 cm³/mol. The third-order valence-corrected chi connectivity index (χ3v) is 7.30. The molecule has 0 unspecified atom stereocenters. The highest BCUT2D eigenvalue weighted by Gasteiger charge is 2.26. The highest BCUT2D eigenvalue weighted by molar-refractivity contribution is 7.89. The molecule has 0 spiro atoms. The second-order valence-corrected chi connectivity index (χ2v) is 10.0. The fourth-order valence-electron chi connectivity index (χ4n) is 3.26. The average Bonchev–Trinajstić information content (AvgIpc) is 2.88. The number of amides is 2. The molecule has 2 amide bonds. The normalized spacial score (nSPS) is 16.0. The maximum absolute atomic E-state index is 13.1. The highest BCUT2D eigenvalue weighted by atomic mass is 32.2. The summed E-state index contributed by atoms with van der Waals surface area (Å²) >= 11 is 0. The molecule has 1 aliphatic heterocycles. The summed E-state index contributed by atoms with van der Waals surface area (Å²) in [5.41, 5.74) is 1.80.